The second-order valence-electron chi connectivity index (χ2n) is 5.53. The second kappa shape index (κ2) is 9.98. The molecule has 0 aliphatic heterocycles. The number of esters is 1. The van der Waals surface area contributed by atoms with Gasteiger partial charge < -0.3 is 15.4 Å². The maximum atomic E-state index is 12.4. The molecule has 2 aromatic rings. The van der Waals surface area contributed by atoms with Crippen LogP contribution in [0.1, 0.15) is 40.5 Å². The van der Waals surface area contributed by atoms with Gasteiger partial charge in [0.1, 0.15) is 0 Å². The van der Waals surface area contributed by atoms with E-state index in [-0.39, 0.29) is 24.2 Å². The van der Waals surface area contributed by atoms with Gasteiger partial charge >= 0.3 is 5.97 Å². The number of anilines is 1. The van der Waals surface area contributed by atoms with Crippen LogP contribution in [-0.2, 0) is 9.53 Å². The molecular weight excluding hydrogens is 332 g/mol. The zero-order valence-corrected chi connectivity index (χ0v) is 14.7. The van der Waals surface area contributed by atoms with Gasteiger partial charge in [0.05, 0.1) is 17.9 Å². The summed E-state index contributed by atoms with van der Waals surface area (Å²) in [6.07, 6.45) is 0.740. The van der Waals surface area contributed by atoms with Crippen LogP contribution >= 0.6 is 0 Å². The fourth-order valence-electron chi connectivity index (χ4n) is 2.34. The minimum Gasteiger partial charge on any atom is -0.466 e. The SMILES string of the molecule is CCOC(=O)CCCNC(=O)c1ccccc1NC(=O)c1ccccc1. The largest absolute Gasteiger partial charge is 0.466 e. The number of nitrogens with one attached hydrogen (secondary N) is 2. The third-order valence-electron chi connectivity index (χ3n) is 3.60. The molecule has 26 heavy (non-hydrogen) atoms. The summed E-state index contributed by atoms with van der Waals surface area (Å²) in [5.74, 6) is -0.872. The van der Waals surface area contributed by atoms with Crippen molar-refractivity contribution in [2.75, 3.05) is 18.5 Å². The van der Waals surface area contributed by atoms with E-state index in [0.717, 1.165) is 0 Å². The van der Waals surface area contributed by atoms with Crippen LogP contribution in [0.4, 0.5) is 5.69 Å². The summed E-state index contributed by atoms with van der Waals surface area (Å²) in [6.45, 7) is 2.44. The number of benzene rings is 2. The first-order valence-corrected chi connectivity index (χ1v) is 8.51. The van der Waals surface area contributed by atoms with Crippen molar-refractivity contribution in [1.82, 2.24) is 5.32 Å². The molecule has 0 heterocycles. The fraction of sp³-hybridized carbons (Fsp3) is 0.250. The van der Waals surface area contributed by atoms with Crippen LogP contribution in [0.15, 0.2) is 54.6 Å². The quantitative estimate of drug-likeness (QED) is 0.564. The summed E-state index contributed by atoms with van der Waals surface area (Å²) in [5.41, 5.74) is 1.31. The summed E-state index contributed by atoms with van der Waals surface area (Å²) in [5, 5.41) is 5.51. The lowest BCUT2D eigenvalue weighted by Crippen LogP contribution is -2.26. The third-order valence-corrected chi connectivity index (χ3v) is 3.60. The number of hydrogen-bond acceptors (Lipinski definition) is 4. The molecule has 0 radical (unpaired) electrons. The van der Waals surface area contributed by atoms with Gasteiger partial charge in [0.25, 0.3) is 11.8 Å². The van der Waals surface area contributed by atoms with Crippen LogP contribution in [0.3, 0.4) is 0 Å². The Kier molecular flexibility index (Phi) is 7.36. The highest BCUT2D eigenvalue weighted by molar-refractivity contribution is 6.08. The zero-order valence-electron chi connectivity index (χ0n) is 14.7. The molecule has 2 rings (SSSR count). The van der Waals surface area contributed by atoms with E-state index in [2.05, 4.69) is 10.6 Å². The van der Waals surface area contributed by atoms with Gasteiger partial charge in [-0.3, -0.25) is 14.4 Å². The number of amides is 2. The second-order valence-corrected chi connectivity index (χ2v) is 5.53. The molecule has 0 atom stereocenters. The molecule has 6 heteroatoms. The Morgan fingerprint density at radius 1 is 0.923 bits per heavy atom. The van der Waals surface area contributed by atoms with Crippen molar-refractivity contribution in [2.24, 2.45) is 0 Å². The third kappa shape index (κ3) is 5.73. The van der Waals surface area contributed by atoms with E-state index in [1.54, 1.807) is 55.5 Å². The molecule has 0 unspecified atom stereocenters. The topological polar surface area (TPSA) is 84.5 Å². The highest BCUT2D eigenvalue weighted by Crippen LogP contribution is 2.16. The van der Waals surface area contributed by atoms with Gasteiger partial charge in [-0.15, -0.1) is 0 Å². The Balaban J connectivity index is 1.94. The summed E-state index contributed by atoms with van der Waals surface area (Å²) < 4.78 is 4.84. The lowest BCUT2D eigenvalue weighted by molar-refractivity contribution is -0.143. The molecule has 0 aromatic heterocycles. The van der Waals surface area contributed by atoms with Gasteiger partial charge in [0.15, 0.2) is 0 Å². The molecule has 2 N–H and O–H groups in total. The maximum absolute atomic E-state index is 12.4. The number of para-hydroxylation sites is 1. The predicted molar refractivity (Wildman–Crippen MR) is 99.0 cm³/mol. The van der Waals surface area contributed by atoms with Crippen molar-refractivity contribution in [3.8, 4) is 0 Å². The summed E-state index contributed by atoms with van der Waals surface area (Å²) in [6, 6.07) is 15.6. The molecule has 0 aliphatic rings. The normalized spacial score (nSPS) is 10.0. The Hall–Kier alpha value is -3.15. The van der Waals surface area contributed by atoms with Crippen molar-refractivity contribution in [3.05, 3.63) is 65.7 Å². The van der Waals surface area contributed by atoms with E-state index in [1.165, 1.54) is 0 Å². The van der Waals surface area contributed by atoms with Crippen molar-refractivity contribution in [2.45, 2.75) is 19.8 Å². The lowest BCUT2D eigenvalue weighted by Gasteiger charge is -2.11. The molecule has 0 aliphatic carbocycles. The summed E-state index contributed by atoms with van der Waals surface area (Å²) in [7, 11) is 0. The highest BCUT2D eigenvalue weighted by Gasteiger charge is 2.13. The Morgan fingerprint density at radius 3 is 2.35 bits per heavy atom. The highest BCUT2D eigenvalue weighted by atomic mass is 16.5. The number of rotatable bonds is 8. The van der Waals surface area contributed by atoms with E-state index in [0.29, 0.717) is 36.4 Å². The van der Waals surface area contributed by atoms with Crippen LogP contribution in [0.2, 0.25) is 0 Å². The van der Waals surface area contributed by atoms with Crippen molar-refractivity contribution in [1.29, 1.82) is 0 Å². The van der Waals surface area contributed by atoms with Gasteiger partial charge in [-0.1, -0.05) is 30.3 Å². The minimum atomic E-state index is -0.308. The van der Waals surface area contributed by atoms with E-state index in [4.69, 9.17) is 4.74 Å². The first-order valence-electron chi connectivity index (χ1n) is 8.51. The van der Waals surface area contributed by atoms with E-state index >= 15 is 0 Å². The number of carbonyl (C=O) groups is 3. The van der Waals surface area contributed by atoms with Crippen molar-refractivity contribution < 1.29 is 19.1 Å². The molecule has 0 bridgehead atoms. The number of carbonyl (C=O) groups excluding carboxylic acids is 3. The average molecular weight is 354 g/mol. The molecule has 2 amide bonds. The smallest absolute Gasteiger partial charge is 0.305 e. The van der Waals surface area contributed by atoms with Gasteiger partial charge in [-0.25, -0.2) is 0 Å². The molecule has 2 aromatic carbocycles. The first kappa shape index (κ1) is 19.2. The fourth-order valence-corrected chi connectivity index (χ4v) is 2.34. The van der Waals surface area contributed by atoms with Gasteiger partial charge in [-0.05, 0) is 37.6 Å². The maximum Gasteiger partial charge on any atom is 0.305 e. The van der Waals surface area contributed by atoms with Crippen LogP contribution in [0.5, 0.6) is 0 Å². The molecule has 0 spiro atoms. The van der Waals surface area contributed by atoms with Gasteiger partial charge in [-0.2, -0.15) is 0 Å². The summed E-state index contributed by atoms with van der Waals surface area (Å²) in [4.78, 5) is 36.0. The van der Waals surface area contributed by atoms with Crippen LogP contribution < -0.4 is 10.6 Å². The van der Waals surface area contributed by atoms with Gasteiger partial charge in [0, 0.05) is 18.5 Å². The monoisotopic (exact) mass is 354 g/mol. The Bertz CT molecular complexity index is 759. The number of hydrogen-bond donors (Lipinski definition) is 2. The zero-order chi connectivity index (χ0) is 18.8. The minimum absolute atomic E-state index is 0.251. The summed E-state index contributed by atoms with van der Waals surface area (Å²) >= 11 is 0. The molecule has 0 saturated heterocycles. The van der Waals surface area contributed by atoms with E-state index in [1.807, 2.05) is 6.07 Å². The standard InChI is InChI=1S/C20H22N2O4/c1-2-26-18(23)13-8-14-21-20(25)16-11-6-7-12-17(16)22-19(24)15-9-4-3-5-10-15/h3-7,9-12H,2,8,13-14H2,1H3,(H,21,25)(H,22,24). The van der Waals surface area contributed by atoms with E-state index in [9.17, 15) is 14.4 Å². The van der Waals surface area contributed by atoms with Crippen molar-refractivity contribution >= 4 is 23.5 Å². The van der Waals surface area contributed by atoms with E-state index < -0.39 is 0 Å². The lowest BCUT2D eigenvalue weighted by atomic mass is 10.1. The molecule has 0 saturated carbocycles. The molecule has 0 fully saturated rings. The van der Waals surface area contributed by atoms with Gasteiger partial charge in [0.2, 0.25) is 0 Å². The van der Waals surface area contributed by atoms with Crippen molar-refractivity contribution in [3.63, 3.8) is 0 Å². The average Bonchev–Trinajstić information content (AvgIpc) is 2.66. The van der Waals surface area contributed by atoms with Crippen LogP contribution in [-0.4, -0.2) is 30.9 Å². The predicted octanol–water partition coefficient (Wildman–Crippen LogP) is 3.01. The first-order chi connectivity index (χ1) is 12.6. The molecular formula is C20H22N2O4. The Morgan fingerprint density at radius 2 is 1.62 bits per heavy atom. The Labute approximate surface area is 152 Å². The van der Waals surface area contributed by atoms with Crippen LogP contribution in [0, 0.1) is 0 Å². The molecule has 6 nitrogen and oxygen atoms in total. The molecule has 136 valence electrons. The number of ether oxygens (including phenoxy) is 1. The van der Waals surface area contributed by atoms with Crippen LogP contribution in [0.25, 0.3) is 0 Å².